The number of aliphatic hydroxyl groups is 1. The zero-order chi connectivity index (χ0) is 17.9. The van der Waals surface area contributed by atoms with Crippen molar-refractivity contribution in [2.75, 3.05) is 37.8 Å². The molecule has 0 aliphatic carbocycles. The molecule has 0 aliphatic rings. The molecule has 5 heteroatoms. The number of unbranched alkanes of at least 4 members (excludes halogenated alkanes) is 6. The maximum Gasteiger partial charge on any atom is 0.409 e. The molecule has 144 valence electrons. The van der Waals surface area contributed by atoms with Gasteiger partial charge in [0, 0.05) is 19.7 Å². The van der Waals surface area contributed by atoms with Gasteiger partial charge in [0.1, 0.15) is 0 Å². The molecule has 0 aromatic rings. The first-order valence-corrected chi connectivity index (χ1v) is 11.0. The summed E-state index contributed by atoms with van der Waals surface area (Å²) in [7, 11) is 0. The minimum Gasteiger partial charge on any atom is -0.449 e. The van der Waals surface area contributed by atoms with Crippen molar-refractivity contribution in [2.24, 2.45) is 0 Å². The van der Waals surface area contributed by atoms with Crippen LogP contribution in [-0.4, -0.2) is 53.9 Å². The lowest BCUT2D eigenvalue weighted by atomic mass is 10.2. The minimum atomic E-state index is -0.136. The zero-order valence-corrected chi connectivity index (χ0v) is 16.7. The van der Waals surface area contributed by atoms with E-state index >= 15 is 0 Å². The summed E-state index contributed by atoms with van der Waals surface area (Å²) in [5, 5.41) is 8.72. The van der Waals surface area contributed by atoms with Crippen molar-refractivity contribution in [3.63, 3.8) is 0 Å². The Hall–Kier alpha value is -0.420. The Balaban J connectivity index is 3.92. The largest absolute Gasteiger partial charge is 0.449 e. The van der Waals surface area contributed by atoms with Crippen LogP contribution < -0.4 is 0 Å². The first-order chi connectivity index (χ1) is 11.8. The van der Waals surface area contributed by atoms with Gasteiger partial charge in [-0.2, -0.15) is 11.8 Å². The van der Waals surface area contributed by atoms with Crippen LogP contribution in [0.15, 0.2) is 0 Å². The first kappa shape index (κ1) is 23.6. The van der Waals surface area contributed by atoms with E-state index in [4.69, 9.17) is 9.84 Å². The van der Waals surface area contributed by atoms with Crippen molar-refractivity contribution in [1.29, 1.82) is 0 Å². The number of hydrogen-bond acceptors (Lipinski definition) is 4. The summed E-state index contributed by atoms with van der Waals surface area (Å²) in [6, 6.07) is 0. The molecule has 0 saturated carbocycles. The quantitative estimate of drug-likeness (QED) is 0.367. The molecule has 4 nitrogen and oxygen atoms in total. The average molecular weight is 362 g/mol. The second-order valence-corrected chi connectivity index (χ2v) is 7.49. The highest BCUT2D eigenvalue weighted by Crippen LogP contribution is 2.08. The van der Waals surface area contributed by atoms with Crippen LogP contribution in [0.25, 0.3) is 0 Å². The number of carbonyl (C=O) groups excluding carboxylic acids is 1. The van der Waals surface area contributed by atoms with Gasteiger partial charge in [0.2, 0.25) is 0 Å². The molecule has 1 N–H and O–H groups in total. The van der Waals surface area contributed by atoms with E-state index in [0.29, 0.717) is 6.61 Å². The highest BCUT2D eigenvalue weighted by atomic mass is 32.2. The Morgan fingerprint density at radius 1 is 0.875 bits per heavy atom. The van der Waals surface area contributed by atoms with Gasteiger partial charge in [-0.3, -0.25) is 0 Å². The molecule has 0 rings (SSSR count). The highest BCUT2D eigenvalue weighted by Gasteiger charge is 2.13. The standard InChI is InChI=1S/C19H39NO3S/c1-3-5-7-9-13-20(14-10-8-6-4-2)19(22)23-16-12-18-24-17-11-15-21/h21H,3-18H2,1-2H3. The van der Waals surface area contributed by atoms with Crippen molar-refractivity contribution in [2.45, 2.75) is 78.1 Å². The van der Waals surface area contributed by atoms with Crippen molar-refractivity contribution in [1.82, 2.24) is 4.90 Å². The Morgan fingerprint density at radius 3 is 2.00 bits per heavy atom. The molecule has 0 bridgehead atoms. The smallest absolute Gasteiger partial charge is 0.409 e. The number of carbonyl (C=O) groups is 1. The number of nitrogens with zero attached hydrogens (tertiary/aromatic N) is 1. The zero-order valence-electron chi connectivity index (χ0n) is 15.9. The third-order valence-corrected chi connectivity index (χ3v) is 5.08. The third kappa shape index (κ3) is 15.1. The highest BCUT2D eigenvalue weighted by molar-refractivity contribution is 7.99. The molecule has 0 spiro atoms. The second kappa shape index (κ2) is 18.9. The van der Waals surface area contributed by atoms with Crippen LogP contribution in [0.5, 0.6) is 0 Å². The van der Waals surface area contributed by atoms with Gasteiger partial charge in [-0.05, 0) is 37.2 Å². The summed E-state index contributed by atoms with van der Waals surface area (Å²) in [6.07, 6.45) is 11.0. The fourth-order valence-electron chi connectivity index (χ4n) is 2.43. The van der Waals surface area contributed by atoms with Crippen LogP contribution in [0.1, 0.15) is 78.1 Å². The van der Waals surface area contributed by atoms with Gasteiger partial charge >= 0.3 is 6.09 Å². The van der Waals surface area contributed by atoms with Crippen LogP contribution in [0.2, 0.25) is 0 Å². The van der Waals surface area contributed by atoms with Crippen molar-refractivity contribution in [3.8, 4) is 0 Å². The Labute approximate surface area is 153 Å². The summed E-state index contributed by atoms with van der Waals surface area (Å²) < 4.78 is 5.45. The lowest BCUT2D eigenvalue weighted by Gasteiger charge is -2.22. The van der Waals surface area contributed by atoms with Crippen molar-refractivity contribution < 1.29 is 14.6 Å². The maximum atomic E-state index is 12.3. The molecule has 0 unspecified atom stereocenters. The first-order valence-electron chi connectivity index (χ1n) is 9.86. The predicted octanol–water partition coefficient (Wildman–Crippen LogP) is 5.09. The summed E-state index contributed by atoms with van der Waals surface area (Å²) in [4.78, 5) is 14.2. The van der Waals surface area contributed by atoms with Gasteiger partial charge in [-0.25, -0.2) is 4.79 Å². The molecule has 24 heavy (non-hydrogen) atoms. The van der Waals surface area contributed by atoms with Crippen LogP contribution in [0, 0.1) is 0 Å². The van der Waals surface area contributed by atoms with Gasteiger partial charge in [0.25, 0.3) is 0 Å². The number of hydrogen-bond donors (Lipinski definition) is 1. The Morgan fingerprint density at radius 2 is 1.46 bits per heavy atom. The fraction of sp³-hybridized carbons (Fsp3) is 0.947. The monoisotopic (exact) mass is 361 g/mol. The van der Waals surface area contributed by atoms with Gasteiger partial charge in [-0.1, -0.05) is 52.4 Å². The summed E-state index contributed by atoms with van der Waals surface area (Å²) in [5.41, 5.74) is 0. The normalized spacial score (nSPS) is 10.8. The van der Waals surface area contributed by atoms with Crippen LogP contribution in [0.3, 0.4) is 0 Å². The SMILES string of the molecule is CCCCCCN(CCCCCC)C(=O)OCCCSCCCO. The molecular formula is C19H39NO3S. The van der Waals surface area contributed by atoms with Crippen molar-refractivity contribution in [3.05, 3.63) is 0 Å². The lowest BCUT2D eigenvalue weighted by Crippen LogP contribution is -2.33. The summed E-state index contributed by atoms with van der Waals surface area (Å²) >= 11 is 1.81. The van der Waals surface area contributed by atoms with E-state index in [0.717, 1.165) is 50.3 Å². The summed E-state index contributed by atoms with van der Waals surface area (Å²) in [6.45, 7) is 6.83. The van der Waals surface area contributed by atoms with E-state index in [1.807, 2.05) is 16.7 Å². The van der Waals surface area contributed by atoms with E-state index in [-0.39, 0.29) is 12.7 Å². The molecule has 0 aromatic heterocycles. The lowest BCUT2D eigenvalue weighted by molar-refractivity contribution is 0.101. The second-order valence-electron chi connectivity index (χ2n) is 6.27. The number of rotatable bonds is 17. The fourth-order valence-corrected chi connectivity index (χ4v) is 3.29. The van der Waals surface area contributed by atoms with Crippen molar-refractivity contribution >= 4 is 17.9 Å². The molecule has 0 aliphatic heterocycles. The molecule has 1 amide bonds. The molecule has 0 saturated heterocycles. The predicted molar refractivity (Wildman–Crippen MR) is 105 cm³/mol. The molecule has 0 fully saturated rings. The maximum absolute atomic E-state index is 12.3. The Bertz CT molecular complexity index is 265. The van der Waals surface area contributed by atoms with Crippen LogP contribution >= 0.6 is 11.8 Å². The molecular weight excluding hydrogens is 322 g/mol. The van der Waals surface area contributed by atoms with Crippen LogP contribution in [0.4, 0.5) is 4.79 Å². The number of ether oxygens (including phenoxy) is 1. The number of aliphatic hydroxyl groups excluding tert-OH is 1. The molecule has 0 radical (unpaired) electrons. The van der Waals surface area contributed by atoms with Crippen LogP contribution in [-0.2, 0) is 4.74 Å². The van der Waals surface area contributed by atoms with E-state index in [9.17, 15) is 4.79 Å². The number of thioether (sulfide) groups is 1. The van der Waals surface area contributed by atoms with E-state index in [2.05, 4.69) is 13.8 Å². The van der Waals surface area contributed by atoms with E-state index in [1.54, 1.807) is 0 Å². The van der Waals surface area contributed by atoms with E-state index < -0.39 is 0 Å². The van der Waals surface area contributed by atoms with Gasteiger partial charge < -0.3 is 14.7 Å². The summed E-state index contributed by atoms with van der Waals surface area (Å²) in [5.74, 6) is 1.96. The molecule has 0 heterocycles. The van der Waals surface area contributed by atoms with Gasteiger partial charge in [0.15, 0.2) is 0 Å². The minimum absolute atomic E-state index is 0.136. The van der Waals surface area contributed by atoms with Gasteiger partial charge in [0.05, 0.1) is 6.61 Å². The Kier molecular flexibility index (Phi) is 18.6. The van der Waals surface area contributed by atoms with E-state index in [1.165, 1.54) is 38.5 Å². The molecule has 0 atom stereocenters. The van der Waals surface area contributed by atoms with Gasteiger partial charge in [-0.15, -0.1) is 0 Å². The third-order valence-electron chi connectivity index (χ3n) is 3.93. The molecule has 0 aromatic carbocycles. The number of amides is 1. The average Bonchev–Trinajstić information content (AvgIpc) is 2.59. The topological polar surface area (TPSA) is 49.8 Å².